The Hall–Kier alpha value is -4.42. The smallest absolute Gasteiger partial charge is 0.247 e. The highest BCUT2D eigenvalue weighted by Crippen LogP contribution is 2.37. The van der Waals surface area contributed by atoms with Crippen LogP contribution in [0.4, 0.5) is 0 Å². The zero-order chi connectivity index (χ0) is 25.3. The molecule has 0 saturated carbocycles. The third kappa shape index (κ3) is 5.45. The van der Waals surface area contributed by atoms with Crippen LogP contribution in [0.15, 0.2) is 103 Å². The van der Waals surface area contributed by atoms with E-state index in [2.05, 4.69) is 10.6 Å². The highest BCUT2D eigenvalue weighted by Gasteiger charge is 2.28. The number of aliphatic hydroxyl groups excluding tert-OH is 1. The summed E-state index contributed by atoms with van der Waals surface area (Å²) in [6.45, 7) is -0.321. The van der Waals surface area contributed by atoms with Crippen molar-refractivity contribution in [2.45, 2.75) is 12.1 Å². The summed E-state index contributed by atoms with van der Waals surface area (Å²) in [5, 5.41) is 15.7. The zero-order valence-corrected chi connectivity index (χ0v) is 19.9. The van der Waals surface area contributed by atoms with Crippen LogP contribution in [0.2, 0.25) is 0 Å². The molecule has 4 aromatic rings. The molecule has 0 aromatic heterocycles. The van der Waals surface area contributed by atoms with E-state index in [9.17, 15) is 14.7 Å². The third-order valence-electron chi connectivity index (χ3n) is 6.06. The number of aliphatic hydroxyl groups is 1. The van der Waals surface area contributed by atoms with Crippen molar-refractivity contribution >= 4 is 12.3 Å². The Bertz CT molecular complexity index is 1250. The average Bonchev–Trinajstić information content (AvgIpc) is 2.95. The van der Waals surface area contributed by atoms with E-state index in [-0.39, 0.29) is 6.61 Å². The van der Waals surface area contributed by atoms with Crippen LogP contribution >= 0.6 is 0 Å². The molecule has 0 saturated heterocycles. The topological polar surface area (TPSA) is 87.7 Å². The van der Waals surface area contributed by atoms with E-state index < -0.39 is 18.0 Å². The summed E-state index contributed by atoms with van der Waals surface area (Å²) in [7, 11) is 1.56. The number of benzene rings is 4. The SMILES string of the molecule is COc1cccc(C(CO)NC(=O)C(NC=O)c2c(-c3ccccc3)cccc2-c2ccccc2)c1. The van der Waals surface area contributed by atoms with Crippen LogP contribution in [0, 0.1) is 0 Å². The van der Waals surface area contributed by atoms with Crippen molar-refractivity contribution in [1.82, 2.24) is 10.6 Å². The summed E-state index contributed by atoms with van der Waals surface area (Å²) >= 11 is 0. The van der Waals surface area contributed by atoms with Gasteiger partial charge in [-0.1, -0.05) is 91.0 Å². The van der Waals surface area contributed by atoms with Crippen LogP contribution in [0.5, 0.6) is 5.75 Å². The van der Waals surface area contributed by atoms with Crippen molar-refractivity contribution in [3.8, 4) is 28.0 Å². The fraction of sp³-hybridized carbons (Fsp3) is 0.133. The first-order valence-corrected chi connectivity index (χ1v) is 11.6. The molecule has 36 heavy (non-hydrogen) atoms. The Morgan fingerprint density at radius 1 is 0.861 bits per heavy atom. The average molecular weight is 481 g/mol. The van der Waals surface area contributed by atoms with Crippen molar-refractivity contribution in [3.63, 3.8) is 0 Å². The second-order valence-electron chi connectivity index (χ2n) is 8.24. The molecule has 0 heterocycles. The number of hydrogen-bond acceptors (Lipinski definition) is 4. The van der Waals surface area contributed by atoms with Gasteiger partial charge in [0.1, 0.15) is 11.8 Å². The largest absolute Gasteiger partial charge is 0.497 e. The highest BCUT2D eigenvalue weighted by molar-refractivity contribution is 5.92. The number of nitrogens with one attached hydrogen (secondary N) is 2. The molecule has 4 aromatic carbocycles. The Balaban J connectivity index is 1.81. The first-order chi connectivity index (χ1) is 17.7. The summed E-state index contributed by atoms with van der Waals surface area (Å²) in [4.78, 5) is 25.5. The molecular weight excluding hydrogens is 452 g/mol. The van der Waals surface area contributed by atoms with Crippen LogP contribution in [0.1, 0.15) is 23.2 Å². The number of methoxy groups -OCH3 is 1. The van der Waals surface area contributed by atoms with Crippen LogP contribution in [0.25, 0.3) is 22.3 Å². The first kappa shape index (κ1) is 24.7. The van der Waals surface area contributed by atoms with Crippen LogP contribution in [-0.4, -0.2) is 31.1 Å². The number of hydrogen-bond donors (Lipinski definition) is 3. The van der Waals surface area contributed by atoms with Crippen molar-refractivity contribution in [2.24, 2.45) is 0 Å². The molecule has 0 radical (unpaired) electrons. The maximum Gasteiger partial charge on any atom is 0.247 e. The van der Waals surface area contributed by atoms with Crippen molar-refractivity contribution in [1.29, 1.82) is 0 Å². The van der Waals surface area contributed by atoms with Crippen LogP contribution in [-0.2, 0) is 9.59 Å². The minimum Gasteiger partial charge on any atom is -0.497 e. The standard InChI is InChI=1S/C30H28N2O4/c1-36-24-15-8-14-23(18-24)27(19-33)32-30(35)29(31-20-34)28-25(21-10-4-2-5-11-21)16-9-17-26(28)22-12-6-3-7-13-22/h2-18,20,27,29,33H,19H2,1H3,(H,31,34)(H,32,35). The van der Waals surface area contributed by atoms with E-state index in [0.29, 0.717) is 23.3 Å². The molecule has 0 aliphatic heterocycles. The number of carbonyl (C=O) groups is 2. The Morgan fingerprint density at radius 3 is 1.97 bits per heavy atom. The summed E-state index contributed by atoms with van der Waals surface area (Å²) in [5.41, 5.74) is 4.85. The quantitative estimate of drug-likeness (QED) is 0.288. The van der Waals surface area contributed by atoms with Gasteiger partial charge in [0.15, 0.2) is 0 Å². The molecule has 0 bridgehead atoms. The molecule has 3 N–H and O–H groups in total. The molecular formula is C30H28N2O4. The van der Waals surface area contributed by atoms with Gasteiger partial charge in [0.25, 0.3) is 0 Å². The summed E-state index contributed by atoms with van der Waals surface area (Å²) in [6, 6.07) is 30.7. The highest BCUT2D eigenvalue weighted by atomic mass is 16.5. The van der Waals surface area contributed by atoms with E-state index in [1.165, 1.54) is 0 Å². The minimum atomic E-state index is -1.01. The monoisotopic (exact) mass is 480 g/mol. The number of ether oxygens (including phenoxy) is 1. The Kier molecular flexibility index (Phi) is 8.11. The van der Waals surface area contributed by atoms with Crippen molar-refractivity contribution in [3.05, 3.63) is 114 Å². The fourth-order valence-electron chi connectivity index (χ4n) is 4.32. The molecule has 0 aliphatic carbocycles. The van der Waals surface area contributed by atoms with Gasteiger partial charge in [-0.3, -0.25) is 9.59 Å². The molecule has 2 amide bonds. The predicted molar refractivity (Wildman–Crippen MR) is 140 cm³/mol. The maximum absolute atomic E-state index is 13.7. The van der Waals surface area contributed by atoms with Gasteiger partial charge >= 0.3 is 0 Å². The van der Waals surface area contributed by atoms with Gasteiger partial charge in [0.05, 0.1) is 19.8 Å². The van der Waals surface area contributed by atoms with Gasteiger partial charge in [0.2, 0.25) is 12.3 Å². The maximum atomic E-state index is 13.7. The molecule has 0 aliphatic rings. The summed E-state index contributed by atoms with van der Waals surface area (Å²) < 4.78 is 5.29. The van der Waals surface area contributed by atoms with Crippen molar-refractivity contribution < 1.29 is 19.4 Å². The van der Waals surface area contributed by atoms with Gasteiger partial charge in [-0.05, 0) is 45.5 Å². The summed E-state index contributed by atoms with van der Waals surface area (Å²) in [5.74, 6) is 0.174. The molecule has 0 spiro atoms. The van der Waals surface area contributed by atoms with E-state index in [0.717, 1.165) is 22.3 Å². The van der Waals surface area contributed by atoms with Crippen LogP contribution in [0.3, 0.4) is 0 Å². The second-order valence-corrected chi connectivity index (χ2v) is 8.24. The summed E-state index contributed by atoms with van der Waals surface area (Å²) in [6.07, 6.45) is 0.528. The minimum absolute atomic E-state index is 0.321. The lowest BCUT2D eigenvalue weighted by Gasteiger charge is -2.26. The lowest BCUT2D eigenvalue weighted by molar-refractivity contribution is -0.126. The number of carbonyl (C=O) groups excluding carboxylic acids is 2. The van der Waals surface area contributed by atoms with E-state index in [1.54, 1.807) is 31.4 Å². The first-order valence-electron chi connectivity index (χ1n) is 11.6. The molecule has 0 fully saturated rings. The fourth-order valence-corrected chi connectivity index (χ4v) is 4.32. The molecule has 2 unspecified atom stereocenters. The van der Waals surface area contributed by atoms with Gasteiger partial charge in [0, 0.05) is 0 Å². The Labute approximate surface area is 210 Å². The number of rotatable bonds is 10. The lowest BCUT2D eigenvalue weighted by Crippen LogP contribution is -2.40. The van der Waals surface area contributed by atoms with Gasteiger partial charge in [-0.25, -0.2) is 0 Å². The molecule has 6 heteroatoms. The van der Waals surface area contributed by atoms with Crippen LogP contribution < -0.4 is 15.4 Å². The van der Waals surface area contributed by atoms with E-state index in [1.807, 2.05) is 78.9 Å². The van der Waals surface area contributed by atoms with E-state index >= 15 is 0 Å². The van der Waals surface area contributed by atoms with Gasteiger partial charge < -0.3 is 20.5 Å². The van der Waals surface area contributed by atoms with E-state index in [4.69, 9.17) is 4.74 Å². The molecule has 4 rings (SSSR count). The molecule has 182 valence electrons. The van der Waals surface area contributed by atoms with Gasteiger partial charge in [-0.15, -0.1) is 0 Å². The zero-order valence-electron chi connectivity index (χ0n) is 19.9. The Morgan fingerprint density at radius 2 is 1.44 bits per heavy atom. The molecule has 6 nitrogen and oxygen atoms in total. The van der Waals surface area contributed by atoms with Crippen molar-refractivity contribution in [2.75, 3.05) is 13.7 Å². The van der Waals surface area contributed by atoms with Gasteiger partial charge in [-0.2, -0.15) is 0 Å². The number of amides is 2. The second kappa shape index (κ2) is 11.8. The molecule has 2 atom stereocenters. The normalized spacial score (nSPS) is 12.3. The third-order valence-corrected chi connectivity index (χ3v) is 6.06. The lowest BCUT2D eigenvalue weighted by atomic mass is 9.87. The predicted octanol–water partition coefficient (Wildman–Crippen LogP) is 4.67.